The van der Waals surface area contributed by atoms with Crippen molar-refractivity contribution in [2.24, 2.45) is 56.7 Å². The standard InChI is InChI=1S/C30H44O3/c1-18-8-14-29-17-16-28(7)27(6)13-9-20-25(3,4)22(31)11-12-26(20,5)21(27)10-15-30(28,33-24(29)32)23(29)19(18)2/h10,15,18-21,23H,8-9,11-14,16-17H2,1-7H3/t18-,19?,20?,21?,23?,26+,27-,28?,29+,30+/m1/s1. The molecule has 182 valence electrons. The normalized spacial score (nSPS) is 58.6. The molecule has 4 saturated carbocycles. The molecule has 5 aliphatic carbocycles. The molecule has 5 unspecified atom stereocenters. The molecule has 0 aromatic rings. The van der Waals surface area contributed by atoms with Crippen LogP contribution in [0.15, 0.2) is 12.2 Å². The van der Waals surface area contributed by atoms with Gasteiger partial charge in [0, 0.05) is 23.2 Å². The summed E-state index contributed by atoms with van der Waals surface area (Å²) in [5.41, 5.74) is -0.850. The van der Waals surface area contributed by atoms with E-state index in [9.17, 15) is 9.59 Å². The van der Waals surface area contributed by atoms with E-state index >= 15 is 0 Å². The van der Waals surface area contributed by atoms with E-state index in [-0.39, 0.29) is 33.0 Å². The molecule has 1 spiro atoms. The van der Waals surface area contributed by atoms with Crippen molar-refractivity contribution in [3.63, 3.8) is 0 Å². The van der Waals surface area contributed by atoms with E-state index in [1.165, 1.54) is 0 Å². The summed E-state index contributed by atoms with van der Waals surface area (Å²) < 4.78 is 6.70. The lowest BCUT2D eigenvalue weighted by molar-refractivity contribution is -0.235. The van der Waals surface area contributed by atoms with Gasteiger partial charge in [0.15, 0.2) is 0 Å². The Morgan fingerprint density at radius 2 is 1.64 bits per heavy atom. The van der Waals surface area contributed by atoms with Gasteiger partial charge in [-0.15, -0.1) is 0 Å². The average Bonchev–Trinajstić information content (AvgIpc) is 2.95. The van der Waals surface area contributed by atoms with Gasteiger partial charge in [-0.25, -0.2) is 0 Å². The van der Waals surface area contributed by atoms with Gasteiger partial charge < -0.3 is 4.74 Å². The Kier molecular flexibility index (Phi) is 4.17. The third kappa shape index (κ3) is 2.17. The van der Waals surface area contributed by atoms with E-state index in [0.29, 0.717) is 41.8 Å². The lowest BCUT2D eigenvalue weighted by Crippen LogP contribution is -2.70. The molecule has 0 N–H and O–H groups in total. The van der Waals surface area contributed by atoms with Crippen molar-refractivity contribution < 1.29 is 14.3 Å². The lowest BCUT2D eigenvalue weighted by Gasteiger charge is -2.71. The number of Topliss-reactive ketones (excluding diaryl/α,β-unsaturated/α-hetero) is 1. The number of carbonyl (C=O) groups excluding carboxylic acids is 2. The SMILES string of the molecule is CC1C2[C@]3(CC[C@H]1C)CCC1(C)[C@@]2(C=CC2[C@@]4(C)CCC(=O)C(C)(C)C4CC[C@]21C)OC3=O. The second kappa shape index (κ2) is 6.16. The summed E-state index contributed by atoms with van der Waals surface area (Å²) in [5.74, 6) is 2.83. The zero-order valence-electron chi connectivity index (χ0n) is 21.9. The van der Waals surface area contributed by atoms with Crippen molar-refractivity contribution in [3.8, 4) is 0 Å². The van der Waals surface area contributed by atoms with Gasteiger partial charge in [0.05, 0.1) is 5.41 Å². The minimum Gasteiger partial charge on any atom is -0.453 e. The molecule has 1 aliphatic heterocycles. The fourth-order valence-corrected chi connectivity index (χ4v) is 11.2. The number of ether oxygens (including phenoxy) is 1. The largest absolute Gasteiger partial charge is 0.453 e. The van der Waals surface area contributed by atoms with Crippen LogP contribution in [0.4, 0.5) is 0 Å². The fourth-order valence-electron chi connectivity index (χ4n) is 11.2. The van der Waals surface area contributed by atoms with Crippen LogP contribution >= 0.6 is 0 Å². The summed E-state index contributed by atoms with van der Waals surface area (Å²) >= 11 is 0. The smallest absolute Gasteiger partial charge is 0.313 e. The van der Waals surface area contributed by atoms with Crippen molar-refractivity contribution in [1.82, 2.24) is 0 Å². The zero-order chi connectivity index (χ0) is 23.8. The molecule has 0 radical (unpaired) electrons. The van der Waals surface area contributed by atoms with Crippen LogP contribution in [0.5, 0.6) is 0 Å². The van der Waals surface area contributed by atoms with E-state index in [2.05, 4.69) is 60.6 Å². The first-order valence-corrected chi connectivity index (χ1v) is 13.8. The molecule has 1 saturated heterocycles. The van der Waals surface area contributed by atoms with Crippen LogP contribution in [0.1, 0.15) is 99.8 Å². The molecule has 3 heteroatoms. The zero-order valence-corrected chi connectivity index (χ0v) is 21.9. The molecule has 6 aliphatic rings. The van der Waals surface area contributed by atoms with Crippen molar-refractivity contribution in [3.05, 3.63) is 12.2 Å². The monoisotopic (exact) mass is 452 g/mol. The molecule has 0 aromatic heterocycles. The van der Waals surface area contributed by atoms with Gasteiger partial charge in [-0.2, -0.15) is 0 Å². The first-order valence-electron chi connectivity index (χ1n) is 13.8. The van der Waals surface area contributed by atoms with Crippen LogP contribution in [-0.4, -0.2) is 17.4 Å². The summed E-state index contributed by atoms with van der Waals surface area (Å²) in [6, 6.07) is 0. The molecular weight excluding hydrogens is 408 g/mol. The van der Waals surface area contributed by atoms with Crippen LogP contribution in [0, 0.1) is 56.7 Å². The molecule has 5 fully saturated rings. The van der Waals surface area contributed by atoms with Crippen molar-refractivity contribution in [2.75, 3.05) is 0 Å². The van der Waals surface area contributed by atoms with Gasteiger partial charge >= 0.3 is 5.97 Å². The average molecular weight is 453 g/mol. The van der Waals surface area contributed by atoms with Crippen LogP contribution in [0.2, 0.25) is 0 Å². The van der Waals surface area contributed by atoms with Gasteiger partial charge in [-0.1, -0.05) is 54.5 Å². The van der Waals surface area contributed by atoms with E-state index in [4.69, 9.17) is 4.74 Å². The van der Waals surface area contributed by atoms with E-state index in [1.54, 1.807) is 0 Å². The lowest BCUT2D eigenvalue weighted by atomic mass is 9.32. The maximum Gasteiger partial charge on any atom is 0.313 e. The minimum absolute atomic E-state index is 0.0648. The second-order valence-corrected chi connectivity index (χ2v) is 14.5. The van der Waals surface area contributed by atoms with Crippen LogP contribution < -0.4 is 0 Å². The van der Waals surface area contributed by atoms with Crippen LogP contribution in [0.3, 0.4) is 0 Å². The highest BCUT2D eigenvalue weighted by Gasteiger charge is 2.80. The molecule has 0 amide bonds. The Balaban J connectivity index is 1.52. The third-order valence-electron chi connectivity index (χ3n) is 13.6. The highest BCUT2D eigenvalue weighted by Crippen LogP contribution is 2.79. The molecule has 10 atom stereocenters. The number of hydrogen-bond acceptors (Lipinski definition) is 3. The van der Waals surface area contributed by atoms with Crippen molar-refractivity contribution in [1.29, 1.82) is 0 Å². The fraction of sp³-hybridized carbons (Fsp3) is 0.867. The number of rotatable bonds is 0. The Bertz CT molecular complexity index is 964. The van der Waals surface area contributed by atoms with E-state index in [1.807, 2.05) is 0 Å². The Morgan fingerprint density at radius 1 is 0.909 bits per heavy atom. The van der Waals surface area contributed by atoms with Gasteiger partial charge in [0.1, 0.15) is 11.4 Å². The first kappa shape index (κ1) is 22.4. The summed E-state index contributed by atoms with van der Waals surface area (Å²) in [4.78, 5) is 26.6. The van der Waals surface area contributed by atoms with E-state index in [0.717, 1.165) is 44.9 Å². The quantitative estimate of drug-likeness (QED) is 0.302. The maximum atomic E-state index is 13.6. The predicted molar refractivity (Wildman–Crippen MR) is 129 cm³/mol. The number of allylic oxidation sites excluding steroid dienone is 1. The summed E-state index contributed by atoms with van der Waals surface area (Å²) in [5, 5.41) is 0. The molecule has 2 bridgehead atoms. The Labute approximate surface area is 200 Å². The van der Waals surface area contributed by atoms with Gasteiger partial charge in [-0.3, -0.25) is 9.59 Å². The molecule has 0 aromatic carbocycles. The first-order chi connectivity index (χ1) is 15.3. The molecule has 1 heterocycles. The molecule has 6 rings (SSSR count). The van der Waals surface area contributed by atoms with Crippen LogP contribution in [-0.2, 0) is 14.3 Å². The third-order valence-corrected chi connectivity index (χ3v) is 13.6. The van der Waals surface area contributed by atoms with Crippen molar-refractivity contribution >= 4 is 11.8 Å². The van der Waals surface area contributed by atoms with Gasteiger partial charge in [-0.05, 0) is 85.5 Å². The summed E-state index contributed by atoms with van der Waals surface area (Å²) in [6.45, 7) is 16.7. The number of fused-ring (bicyclic) bond motifs is 4. The predicted octanol–water partition coefficient (Wildman–Crippen LogP) is 6.75. The Hall–Kier alpha value is -1.12. The van der Waals surface area contributed by atoms with E-state index < -0.39 is 5.60 Å². The number of carbonyl (C=O) groups is 2. The van der Waals surface area contributed by atoms with Crippen molar-refractivity contribution in [2.45, 2.75) is 105 Å². The molecular formula is C30H44O3. The molecule has 33 heavy (non-hydrogen) atoms. The summed E-state index contributed by atoms with van der Waals surface area (Å²) in [6.07, 6.45) is 13.1. The highest BCUT2D eigenvalue weighted by molar-refractivity contribution is 5.85. The minimum atomic E-state index is -0.467. The summed E-state index contributed by atoms with van der Waals surface area (Å²) in [7, 11) is 0. The Morgan fingerprint density at radius 3 is 2.36 bits per heavy atom. The van der Waals surface area contributed by atoms with Gasteiger partial charge in [0.2, 0.25) is 0 Å². The number of esters is 1. The van der Waals surface area contributed by atoms with Crippen LogP contribution in [0.25, 0.3) is 0 Å². The maximum absolute atomic E-state index is 13.6. The van der Waals surface area contributed by atoms with Gasteiger partial charge in [0.25, 0.3) is 0 Å². The highest BCUT2D eigenvalue weighted by atomic mass is 16.6. The second-order valence-electron chi connectivity index (χ2n) is 14.5. The molecule has 3 nitrogen and oxygen atoms in total. The number of ketones is 1. The topological polar surface area (TPSA) is 43.4 Å². The number of hydrogen-bond donors (Lipinski definition) is 0.